The number of allylic oxidation sites excluding steroid dienone is 2. The van der Waals surface area contributed by atoms with Crippen LogP contribution in [0.2, 0.25) is 0 Å². The molecule has 2 unspecified atom stereocenters. The highest BCUT2D eigenvalue weighted by Gasteiger charge is 2.40. The molecule has 0 spiro atoms. The van der Waals surface area contributed by atoms with E-state index in [1.54, 1.807) is 40.6 Å². The van der Waals surface area contributed by atoms with Gasteiger partial charge in [-0.15, -0.1) is 0 Å². The van der Waals surface area contributed by atoms with Gasteiger partial charge in [0, 0.05) is 47.0 Å². The molecule has 9 heteroatoms. The van der Waals surface area contributed by atoms with Gasteiger partial charge in [0.05, 0.1) is 28.4 Å². The summed E-state index contributed by atoms with van der Waals surface area (Å²) in [6, 6.07) is 16.6. The van der Waals surface area contributed by atoms with Crippen molar-refractivity contribution in [3.8, 4) is 28.7 Å². The van der Waals surface area contributed by atoms with Crippen molar-refractivity contribution in [1.82, 2.24) is 0 Å². The van der Waals surface area contributed by atoms with Crippen molar-refractivity contribution in [2.45, 2.75) is 24.7 Å². The lowest BCUT2D eigenvalue weighted by molar-refractivity contribution is -0.139. The molecule has 1 heterocycles. The summed E-state index contributed by atoms with van der Waals surface area (Å²) < 4.78 is 27.5. The number of methoxy groups -OCH3 is 4. The van der Waals surface area contributed by atoms with Crippen LogP contribution in [0.4, 0.5) is 5.69 Å². The van der Waals surface area contributed by atoms with Gasteiger partial charge in [0.2, 0.25) is 0 Å². The summed E-state index contributed by atoms with van der Waals surface area (Å²) >= 11 is 0. The average molecular weight is 546 g/mol. The third-order valence-electron chi connectivity index (χ3n) is 7.40. The van der Waals surface area contributed by atoms with Crippen LogP contribution in [-0.4, -0.2) is 51.9 Å². The Kier molecular flexibility index (Phi) is 7.55. The Balaban J connectivity index is 1.59. The molecule has 1 aliphatic heterocycles. The Labute approximate surface area is 232 Å². The van der Waals surface area contributed by atoms with E-state index in [0.29, 0.717) is 47.2 Å². The maximum Gasteiger partial charge on any atom is 0.341 e. The van der Waals surface area contributed by atoms with E-state index < -0.39 is 18.5 Å². The van der Waals surface area contributed by atoms with E-state index in [0.717, 1.165) is 28.1 Å². The molecular formula is C31H31NO8. The van der Waals surface area contributed by atoms with Gasteiger partial charge >= 0.3 is 5.97 Å². The van der Waals surface area contributed by atoms with Crippen LogP contribution in [-0.2, 0) is 9.59 Å². The van der Waals surface area contributed by atoms with Crippen LogP contribution >= 0.6 is 0 Å². The van der Waals surface area contributed by atoms with E-state index in [-0.39, 0.29) is 11.7 Å². The zero-order valence-corrected chi connectivity index (χ0v) is 22.8. The number of carbonyl (C=O) groups excluding carboxylic acids is 1. The van der Waals surface area contributed by atoms with E-state index in [2.05, 4.69) is 5.32 Å². The first-order valence-corrected chi connectivity index (χ1v) is 12.8. The number of anilines is 1. The zero-order chi connectivity index (χ0) is 28.4. The summed E-state index contributed by atoms with van der Waals surface area (Å²) in [4.78, 5) is 24.9. The van der Waals surface area contributed by atoms with E-state index in [9.17, 15) is 9.59 Å². The number of ketones is 1. The summed E-state index contributed by atoms with van der Waals surface area (Å²) in [6.07, 6.45) is 0.950. The second kappa shape index (κ2) is 11.2. The Morgan fingerprint density at radius 2 is 1.52 bits per heavy atom. The van der Waals surface area contributed by atoms with Crippen LogP contribution in [0.1, 0.15) is 41.4 Å². The molecule has 9 nitrogen and oxygen atoms in total. The summed E-state index contributed by atoms with van der Waals surface area (Å²) in [6.45, 7) is -0.436. The van der Waals surface area contributed by atoms with Crippen molar-refractivity contribution >= 4 is 17.4 Å². The van der Waals surface area contributed by atoms with Crippen molar-refractivity contribution in [2.24, 2.45) is 0 Å². The number of carbonyl (C=O) groups is 2. The summed E-state index contributed by atoms with van der Waals surface area (Å²) in [5, 5.41) is 12.5. The van der Waals surface area contributed by atoms with Gasteiger partial charge in [0.25, 0.3) is 0 Å². The molecule has 5 rings (SSSR count). The topological polar surface area (TPSA) is 113 Å². The van der Waals surface area contributed by atoms with Gasteiger partial charge in [0.15, 0.2) is 23.9 Å². The fourth-order valence-electron chi connectivity index (χ4n) is 5.56. The Bertz CT molecular complexity index is 1480. The molecule has 0 radical (unpaired) electrons. The van der Waals surface area contributed by atoms with Crippen molar-refractivity contribution < 1.29 is 38.4 Å². The number of ether oxygens (including phenoxy) is 5. The van der Waals surface area contributed by atoms with Crippen molar-refractivity contribution in [3.63, 3.8) is 0 Å². The lowest BCUT2D eigenvalue weighted by Gasteiger charge is -2.37. The second-order valence-corrected chi connectivity index (χ2v) is 9.64. The number of nitrogens with one attached hydrogen (secondary N) is 1. The number of Topliss-reactive ketones (excluding diaryl/α,β-unsaturated/α-hetero) is 1. The molecule has 2 aliphatic rings. The zero-order valence-electron chi connectivity index (χ0n) is 22.8. The number of benzene rings is 3. The van der Waals surface area contributed by atoms with Crippen LogP contribution in [0.3, 0.4) is 0 Å². The Morgan fingerprint density at radius 1 is 0.825 bits per heavy atom. The molecule has 2 N–H and O–H groups in total. The number of fused-ring (bicyclic) bond motifs is 1. The van der Waals surface area contributed by atoms with Crippen LogP contribution < -0.4 is 29.0 Å². The van der Waals surface area contributed by atoms with Gasteiger partial charge in [-0.3, -0.25) is 4.79 Å². The molecule has 0 aromatic heterocycles. The van der Waals surface area contributed by atoms with Gasteiger partial charge in [-0.2, -0.15) is 0 Å². The SMILES string of the molecule is COc1cc2c(c(OC)c1)C(c1ccc(OCC(=O)O)cc1)C1=C(CC(c3ccc(OC)c(OC)c3)CC1=O)N2. The predicted octanol–water partition coefficient (Wildman–Crippen LogP) is 5.14. The highest BCUT2D eigenvalue weighted by atomic mass is 16.5. The van der Waals surface area contributed by atoms with E-state index in [4.69, 9.17) is 28.8 Å². The first-order chi connectivity index (χ1) is 19.4. The Hall–Kier alpha value is -4.66. The lowest BCUT2D eigenvalue weighted by Crippen LogP contribution is -2.30. The minimum Gasteiger partial charge on any atom is -0.497 e. The van der Waals surface area contributed by atoms with E-state index in [1.165, 1.54) is 0 Å². The molecule has 0 fully saturated rings. The fraction of sp³-hybridized carbons (Fsp3) is 0.290. The third kappa shape index (κ3) is 5.02. The number of hydrogen-bond acceptors (Lipinski definition) is 8. The van der Waals surface area contributed by atoms with Crippen molar-refractivity contribution in [3.05, 3.63) is 82.6 Å². The van der Waals surface area contributed by atoms with Gasteiger partial charge in [-0.1, -0.05) is 18.2 Å². The van der Waals surface area contributed by atoms with Crippen molar-refractivity contribution in [2.75, 3.05) is 40.4 Å². The molecule has 3 aromatic carbocycles. The molecule has 0 saturated heterocycles. The average Bonchev–Trinajstić information content (AvgIpc) is 2.98. The standard InChI is InChI=1S/C31H31NO8/c1-36-21-14-23-31(27(15-21)39-4)29(17-5-8-20(9-6-17)40-16-28(34)35)30-22(32-23)11-19(12-24(30)33)18-7-10-25(37-2)26(13-18)38-3/h5-10,13-15,19,29,32H,11-12,16H2,1-4H3,(H,34,35). The predicted molar refractivity (Wildman–Crippen MR) is 148 cm³/mol. The van der Waals surface area contributed by atoms with Gasteiger partial charge in [-0.25, -0.2) is 4.79 Å². The molecule has 2 atom stereocenters. The normalized spacial score (nSPS) is 17.8. The van der Waals surface area contributed by atoms with Gasteiger partial charge < -0.3 is 34.1 Å². The van der Waals surface area contributed by atoms with Crippen LogP contribution in [0.15, 0.2) is 65.9 Å². The highest BCUT2D eigenvalue weighted by molar-refractivity contribution is 6.02. The van der Waals surface area contributed by atoms with Gasteiger partial charge in [0.1, 0.15) is 17.2 Å². The smallest absolute Gasteiger partial charge is 0.341 e. The number of aliphatic carboxylic acids is 1. The van der Waals surface area contributed by atoms with Crippen molar-refractivity contribution in [1.29, 1.82) is 0 Å². The van der Waals surface area contributed by atoms with E-state index in [1.807, 2.05) is 42.5 Å². The number of rotatable bonds is 9. The number of hydrogen-bond donors (Lipinski definition) is 2. The molecular weight excluding hydrogens is 514 g/mol. The quantitative estimate of drug-likeness (QED) is 0.377. The maximum atomic E-state index is 13.9. The van der Waals surface area contributed by atoms with E-state index >= 15 is 0 Å². The number of carboxylic acid groups (broad SMARTS) is 1. The molecule has 208 valence electrons. The molecule has 40 heavy (non-hydrogen) atoms. The third-order valence-corrected chi connectivity index (χ3v) is 7.40. The molecule has 3 aromatic rings. The monoisotopic (exact) mass is 545 g/mol. The summed E-state index contributed by atoms with van der Waals surface area (Å²) in [7, 11) is 6.38. The molecule has 1 aliphatic carbocycles. The largest absolute Gasteiger partial charge is 0.497 e. The van der Waals surface area contributed by atoms with Gasteiger partial charge in [-0.05, 0) is 47.7 Å². The van der Waals surface area contributed by atoms with Crippen LogP contribution in [0.5, 0.6) is 28.7 Å². The molecule has 0 bridgehead atoms. The van der Waals surface area contributed by atoms with Crippen LogP contribution in [0.25, 0.3) is 0 Å². The minimum absolute atomic E-state index is 0.0354. The first kappa shape index (κ1) is 26.9. The fourth-order valence-corrected chi connectivity index (χ4v) is 5.56. The first-order valence-electron chi connectivity index (χ1n) is 12.8. The minimum atomic E-state index is -1.05. The second-order valence-electron chi connectivity index (χ2n) is 9.64. The summed E-state index contributed by atoms with van der Waals surface area (Å²) in [5.74, 6) is 1.43. The lowest BCUT2D eigenvalue weighted by atomic mass is 9.71. The molecule has 0 saturated carbocycles. The molecule has 0 amide bonds. The summed E-state index contributed by atoms with van der Waals surface area (Å²) in [5.41, 5.74) is 5.01. The highest BCUT2D eigenvalue weighted by Crippen LogP contribution is 2.52. The maximum absolute atomic E-state index is 13.9. The Morgan fingerprint density at radius 3 is 2.17 bits per heavy atom. The number of carboxylic acids is 1. The van der Waals surface area contributed by atoms with Crippen LogP contribution in [0, 0.1) is 0 Å².